The molecule has 2 atom stereocenters. The van der Waals surface area contributed by atoms with Crippen molar-refractivity contribution in [3.8, 4) is 0 Å². The smallest absolute Gasteiger partial charge is 0.307 e. The van der Waals surface area contributed by atoms with Gasteiger partial charge in [-0.05, 0) is 5.41 Å². The summed E-state index contributed by atoms with van der Waals surface area (Å²) in [5.74, 6) is -1.03. The molecule has 2 unspecified atom stereocenters. The second kappa shape index (κ2) is 3.06. The van der Waals surface area contributed by atoms with E-state index in [0.717, 1.165) is 11.3 Å². The molecular weight excluding hydrogens is 218 g/mol. The van der Waals surface area contributed by atoms with E-state index in [2.05, 4.69) is 9.97 Å². The van der Waals surface area contributed by atoms with E-state index >= 15 is 0 Å². The average molecular weight is 231 g/mol. The topological polar surface area (TPSA) is 67.5 Å². The first-order valence-corrected chi connectivity index (χ1v) is 5.53. The first kappa shape index (κ1) is 10.3. The van der Waals surface area contributed by atoms with Crippen LogP contribution in [0.5, 0.6) is 0 Å². The number of aliphatic carboxylic acids is 1. The minimum absolute atomic E-state index is 0.0254. The van der Waals surface area contributed by atoms with Crippen LogP contribution in [0.2, 0.25) is 0 Å². The Hall–Kier alpha value is -1.91. The number of fused-ring (bicyclic) bond motifs is 1. The summed E-state index contributed by atoms with van der Waals surface area (Å²) in [6, 6.07) is 0. The van der Waals surface area contributed by atoms with Gasteiger partial charge in [0.1, 0.15) is 0 Å². The van der Waals surface area contributed by atoms with Gasteiger partial charge in [0.05, 0.1) is 12.1 Å². The van der Waals surface area contributed by atoms with Crippen molar-refractivity contribution in [1.82, 2.24) is 14.4 Å². The summed E-state index contributed by atoms with van der Waals surface area (Å²) in [7, 11) is 0. The van der Waals surface area contributed by atoms with Gasteiger partial charge in [-0.2, -0.15) is 0 Å². The number of carboxylic acids is 1. The second-order valence-electron chi connectivity index (χ2n) is 5.10. The van der Waals surface area contributed by atoms with Crippen LogP contribution in [0.3, 0.4) is 0 Å². The fourth-order valence-electron chi connectivity index (χ4n) is 2.74. The Bertz CT molecular complexity index is 603. The number of hydrogen-bond acceptors (Lipinski definition) is 3. The van der Waals surface area contributed by atoms with Gasteiger partial charge in [-0.25, -0.2) is 4.98 Å². The Morgan fingerprint density at radius 3 is 2.88 bits per heavy atom. The van der Waals surface area contributed by atoms with Crippen molar-refractivity contribution in [3.63, 3.8) is 0 Å². The molecule has 0 radical (unpaired) electrons. The van der Waals surface area contributed by atoms with E-state index in [0.29, 0.717) is 0 Å². The predicted octanol–water partition coefficient (Wildman–Crippen LogP) is 1.55. The maximum Gasteiger partial charge on any atom is 0.307 e. The van der Waals surface area contributed by atoms with Crippen molar-refractivity contribution < 1.29 is 9.90 Å². The van der Waals surface area contributed by atoms with E-state index < -0.39 is 5.97 Å². The monoisotopic (exact) mass is 231 g/mol. The maximum absolute atomic E-state index is 11.2. The summed E-state index contributed by atoms with van der Waals surface area (Å²) in [5, 5.41) is 9.19. The van der Waals surface area contributed by atoms with Gasteiger partial charge in [-0.1, -0.05) is 13.8 Å². The minimum atomic E-state index is -0.732. The van der Waals surface area contributed by atoms with E-state index in [4.69, 9.17) is 0 Å². The van der Waals surface area contributed by atoms with Gasteiger partial charge in [0.15, 0.2) is 5.65 Å². The van der Waals surface area contributed by atoms with E-state index in [9.17, 15) is 9.90 Å². The van der Waals surface area contributed by atoms with Crippen molar-refractivity contribution in [3.05, 3.63) is 30.5 Å². The molecule has 0 aliphatic heterocycles. The van der Waals surface area contributed by atoms with Crippen LogP contribution in [0.1, 0.15) is 25.5 Å². The predicted molar refractivity (Wildman–Crippen MR) is 60.6 cm³/mol. The summed E-state index contributed by atoms with van der Waals surface area (Å²) in [4.78, 5) is 19.4. The molecule has 0 saturated heterocycles. The Kier molecular flexibility index (Phi) is 1.85. The van der Waals surface area contributed by atoms with Crippen LogP contribution < -0.4 is 0 Å². The summed E-state index contributed by atoms with van der Waals surface area (Å²) >= 11 is 0. The Labute approximate surface area is 98.1 Å². The van der Waals surface area contributed by atoms with Crippen molar-refractivity contribution in [2.45, 2.75) is 19.8 Å². The molecule has 1 fully saturated rings. The Balaban J connectivity index is 2.09. The van der Waals surface area contributed by atoms with Gasteiger partial charge < -0.3 is 9.51 Å². The number of imidazole rings is 1. The van der Waals surface area contributed by atoms with Crippen LogP contribution in [0.4, 0.5) is 0 Å². The molecule has 0 amide bonds. The molecule has 17 heavy (non-hydrogen) atoms. The Morgan fingerprint density at radius 2 is 2.24 bits per heavy atom. The highest BCUT2D eigenvalue weighted by Crippen LogP contribution is 2.64. The number of nitrogens with zero attached hydrogens (tertiary/aromatic N) is 3. The highest BCUT2D eigenvalue weighted by atomic mass is 16.4. The Morgan fingerprint density at radius 1 is 1.47 bits per heavy atom. The van der Waals surface area contributed by atoms with Gasteiger partial charge in [-0.3, -0.25) is 9.78 Å². The minimum Gasteiger partial charge on any atom is -0.481 e. The van der Waals surface area contributed by atoms with Crippen LogP contribution in [-0.2, 0) is 4.79 Å². The van der Waals surface area contributed by atoms with Crippen LogP contribution in [0.25, 0.3) is 5.65 Å². The standard InChI is InChI=1S/C12H13N3O2/c1-12(2)9(10(12)11(16)17)7-5-14-8-6-13-3-4-15(7)8/h3-6,9-10H,1-2H3,(H,16,17). The molecule has 0 spiro atoms. The van der Waals surface area contributed by atoms with E-state index in [-0.39, 0.29) is 17.3 Å². The van der Waals surface area contributed by atoms with Crippen LogP contribution in [0.15, 0.2) is 24.8 Å². The third kappa shape index (κ3) is 1.28. The molecule has 2 aromatic rings. The molecule has 5 heteroatoms. The highest BCUT2D eigenvalue weighted by Gasteiger charge is 2.63. The van der Waals surface area contributed by atoms with Crippen LogP contribution >= 0.6 is 0 Å². The number of rotatable bonds is 2. The molecule has 3 rings (SSSR count). The number of carboxylic acid groups (broad SMARTS) is 1. The number of aromatic nitrogens is 3. The van der Waals surface area contributed by atoms with Crippen LogP contribution in [-0.4, -0.2) is 25.4 Å². The fourth-order valence-corrected chi connectivity index (χ4v) is 2.74. The summed E-state index contributed by atoms with van der Waals surface area (Å²) in [6.07, 6.45) is 6.94. The largest absolute Gasteiger partial charge is 0.481 e. The maximum atomic E-state index is 11.2. The second-order valence-corrected chi connectivity index (χ2v) is 5.10. The van der Waals surface area contributed by atoms with Gasteiger partial charge in [-0.15, -0.1) is 0 Å². The molecule has 0 bridgehead atoms. The fraction of sp³-hybridized carbons (Fsp3) is 0.417. The average Bonchev–Trinajstić information content (AvgIpc) is 2.68. The number of carbonyl (C=O) groups is 1. The molecule has 1 aliphatic rings. The molecule has 1 aliphatic carbocycles. The van der Waals surface area contributed by atoms with E-state index in [1.165, 1.54) is 0 Å². The van der Waals surface area contributed by atoms with Crippen molar-refractivity contribution in [2.24, 2.45) is 11.3 Å². The molecule has 88 valence electrons. The van der Waals surface area contributed by atoms with Crippen molar-refractivity contribution in [1.29, 1.82) is 0 Å². The zero-order chi connectivity index (χ0) is 12.2. The molecule has 2 heterocycles. The molecule has 0 aromatic carbocycles. The SMILES string of the molecule is CC1(C)C(C(=O)O)C1c1cnc2cnccn12. The first-order chi connectivity index (χ1) is 8.03. The van der Waals surface area contributed by atoms with Gasteiger partial charge in [0.25, 0.3) is 0 Å². The summed E-state index contributed by atoms with van der Waals surface area (Å²) < 4.78 is 1.92. The zero-order valence-corrected chi connectivity index (χ0v) is 9.66. The molecule has 1 saturated carbocycles. The molecule has 2 aromatic heterocycles. The highest BCUT2D eigenvalue weighted by molar-refractivity contribution is 5.77. The molecular formula is C12H13N3O2. The lowest BCUT2D eigenvalue weighted by Crippen LogP contribution is -2.03. The quantitative estimate of drug-likeness (QED) is 0.851. The van der Waals surface area contributed by atoms with E-state index in [1.807, 2.05) is 24.4 Å². The van der Waals surface area contributed by atoms with Gasteiger partial charge in [0, 0.05) is 30.2 Å². The lowest BCUT2D eigenvalue weighted by molar-refractivity contribution is -0.139. The van der Waals surface area contributed by atoms with E-state index in [1.54, 1.807) is 18.6 Å². The third-order valence-electron chi connectivity index (χ3n) is 3.76. The lowest BCUT2D eigenvalue weighted by atomic mass is 10.1. The zero-order valence-electron chi connectivity index (χ0n) is 9.66. The van der Waals surface area contributed by atoms with Gasteiger partial charge >= 0.3 is 5.97 Å². The van der Waals surface area contributed by atoms with Gasteiger partial charge in [0.2, 0.25) is 0 Å². The summed E-state index contributed by atoms with van der Waals surface area (Å²) in [5.41, 5.74) is 1.51. The lowest BCUT2D eigenvalue weighted by Gasteiger charge is -2.02. The molecule has 1 N–H and O–H groups in total. The van der Waals surface area contributed by atoms with Crippen LogP contribution in [0, 0.1) is 11.3 Å². The van der Waals surface area contributed by atoms with Crippen molar-refractivity contribution in [2.75, 3.05) is 0 Å². The number of hydrogen-bond donors (Lipinski definition) is 1. The molecule has 5 nitrogen and oxygen atoms in total. The third-order valence-corrected chi connectivity index (χ3v) is 3.76. The normalized spacial score (nSPS) is 26.0. The summed E-state index contributed by atoms with van der Waals surface area (Å²) in [6.45, 7) is 3.97. The first-order valence-electron chi connectivity index (χ1n) is 5.53. The van der Waals surface area contributed by atoms with Crippen molar-refractivity contribution >= 4 is 11.6 Å².